The van der Waals surface area contributed by atoms with Crippen molar-refractivity contribution >= 4 is 34.8 Å². The fraction of sp³-hybridized carbons (Fsp3) is 0.0769. The number of fused-ring (bicyclic) bond motifs is 3. The van der Waals surface area contributed by atoms with Gasteiger partial charge in [0.1, 0.15) is 6.10 Å². The van der Waals surface area contributed by atoms with Gasteiger partial charge in [-0.15, -0.1) is 0 Å². The summed E-state index contributed by atoms with van der Waals surface area (Å²) in [7, 11) is 0. The fourth-order valence-corrected chi connectivity index (χ4v) is 3.04. The maximum Gasteiger partial charge on any atom is 0.105 e. The van der Waals surface area contributed by atoms with Crippen LogP contribution in [0.2, 0.25) is 15.1 Å². The van der Waals surface area contributed by atoms with E-state index < -0.39 is 6.10 Å². The highest BCUT2D eigenvalue weighted by atomic mass is 35.5. The second kappa shape index (κ2) is 3.89. The minimum Gasteiger partial charge on any atom is -0.384 e. The van der Waals surface area contributed by atoms with E-state index in [1.807, 2.05) is 6.07 Å². The molecule has 0 unspecified atom stereocenters. The number of rotatable bonds is 0. The van der Waals surface area contributed by atoms with E-state index in [9.17, 15) is 5.11 Å². The SMILES string of the molecule is O[C@H]1c2cc(Cl)ccc2-c2c(Cl)cc(Cl)cc21. The molecule has 0 amide bonds. The van der Waals surface area contributed by atoms with Gasteiger partial charge in [-0.1, -0.05) is 40.9 Å². The summed E-state index contributed by atoms with van der Waals surface area (Å²) in [6.07, 6.45) is -0.713. The Morgan fingerprint density at radius 3 is 2.35 bits per heavy atom. The van der Waals surface area contributed by atoms with E-state index in [1.54, 1.807) is 24.3 Å². The number of halogens is 3. The molecule has 0 spiro atoms. The predicted octanol–water partition coefficient (Wildman–Crippen LogP) is 4.71. The molecule has 86 valence electrons. The minimum atomic E-state index is -0.713. The van der Waals surface area contributed by atoms with Gasteiger partial charge in [0, 0.05) is 15.6 Å². The van der Waals surface area contributed by atoms with Gasteiger partial charge in [0.15, 0.2) is 0 Å². The zero-order valence-electron chi connectivity index (χ0n) is 8.55. The number of hydrogen-bond donors (Lipinski definition) is 1. The highest BCUT2D eigenvalue weighted by Gasteiger charge is 2.29. The Morgan fingerprint density at radius 2 is 1.59 bits per heavy atom. The second-order valence-corrected chi connectivity index (χ2v) is 5.27. The number of benzene rings is 2. The van der Waals surface area contributed by atoms with Crippen molar-refractivity contribution in [3.63, 3.8) is 0 Å². The largest absolute Gasteiger partial charge is 0.384 e. The number of hydrogen-bond acceptors (Lipinski definition) is 1. The van der Waals surface area contributed by atoms with Gasteiger partial charge in [0.2, 0.25) is 0 Å². The number of aliphatic hydroxyl groups is 1. The van der Waals surface area contributed by atoms with Crippen LogP contribution >= 0.6 is 34.8 Å². The summed E-state index contributed by atoms with van der Waals surface area (Å²) in [5.41, 5.74) is 3.27. The molecule has 1 atom stereocenters. The van der Waals surface area contributed by atoms with Gasteiger partial charge in [-0.05, 0) is 41.0 Å². The lowest BCUT2D eigenvalue weighted by Gasteiger charge is -2.06. The van der Waals surface area contributed by atoms with Gasteiger partial charge < -0.3 is 5.11 Å². The Hall–Kier alpha value is -0.730. The lowest BCUT2D eigenvalue weighted by atomic mass is 10.1. The normalized spacial score (nSPS) is 16.8. The smallest absolute Gasteiger partial charge is 0.105 e. The molecular formula is C13H7Cl3O. The first-order valence-electron chi connectivity index (χ1n) is 5.05. The molecule has 1 nitrogen and oxygen atoms in total. The first kappa shape index (κ1) is 11.4. The summed E-state index contributed by atoms with van der Waals surface area (Å²) >= 11 is 18.1. The van der Waals surface area contributed by atoms with Gasteiger partial charge in [0.25, 0.3) is 0 Å². The molecule has 1 aliphatic rings. The van der Waals surface area contributed by atoms with E-state index in [4.69, 9.17) is 34.8 Å². The molecule has 0 heterocycles. The molecule has 0 saturated carbocycles. The maximum absolute atomic E-state index is 10.2. The van der Waals surface area contributed by atoms with Crippen LogP contribution in [0.25, 0.3) is 11.1 Å². The van der Waals surface area contributed by atoms with E-state index in [0.29, 0.717) is 15.1 Å². The molecule has 0 fully saturated rings. The van der Waals surface area contributed by atoms with Crippen molar-refractivity contribution in [1.29, 1.82) is 0 Å². The van der Waals surface area contributed by atoms with Crippen molar-refractivity contribution in [2.24, 2.45) is 0 Å². The van der Waals surface area contributed by atoms with Crippen LogP contribution in [0, 0.1) is 0 Å². The summed E-state index contributed by atoms with van der Waals surface area (Å²) in [6.45, 7) is 0. The minimum absolute atomic E-state index is 0.520. The molecule has 2 aromatic carbocycles. The molecule has 1 N–H and O–H groups in total. The lowest BCUT2D eigenvalue weighted by Crippen LogP contribution is -1.93. The third-order valence-corrected chi connectivity index (χ3v) is 3.71. The molecule has 3 rings (SSSR count). The van der Waals surface area contributed by atoms with Crippen molar-refractivity contribution in [2.75, 3.05) is 0 Å². The summed E-state index contributed by atoms with van der Waals surface area (Å²) in [6, 6.07) is 8.82. The van der Waals surface area contributed by atoms with Crippen LogP contribution in [0.15, 0.2) is 30.3 Å². The Bertz CT molecular complexity index is 622. The van der Waals surface area contributed by atoms with Gasteiger partial charge in [-0.25, -0.2) is 0 Å². The van der Waals surface area contributed by atoms with Gasteiger partial charge in [0.05, 0.1) is 5.02 Å². The quantitative estimate of drug-likeness (QED) is 0.743. The van der Waals surface area contributed by atoms with E-state index in [0.717, 1.165) is 22.3 Å². The molecule has 4 heteroatoms. The van der Waals surface area contributed by atoms with Crippen molar-refractivity contribution in [1.82, 2.24) is 0 Å². The van der Waals surface area contributed by atoms with E-state index >= 15 is 0 Å². The molecule has 2 aromatic rings. The molecule has 0 aromatic heterocycles. The zero-order chi connectivity index (χ0) is 12.2. The van der Waals surface area contributed by atoms with Crippen LogP contribution in [-0.2, 0) is 0 Å². The van der Waals surface area contributed by atoms with E-state index in [1.165, 1.54) is 0 Å². The van der Waals surface area contributed by atoms with Crippen molar-refractivity contribution in [2.45, 2.75) is 6.10 Å². The van der Waals surface area contributed by atoms with Crippen LogP contribution in [0.1, 0.15) is 17.2 Å². The number of aliphatic hydroxyl groups excluding tert-OH is 1. The predicted molar refractivity (Wildman–Crippen MR) is 71.0 cm³/mol. The average molecular weight is 286 g/mol. The molecule has 0 bridgehead atoms. The maximum atomic E-state index is 10.2. The topological polar surface area (TPSA) is 20.2 Å². The summed E-state index contributed by atoms with van der Waals surface area (Å²) < 4.78 is 0. The Labute approximate surface area is 114 Å². The average Bonchev–Trinajstić information content (AvgIpc) is 2.53. The van der Waals surface area contributed by atoms with E-state index in [-0.39, 0.29) is 0 Å². The Morgan fingerprint density at radius 1 is 0.882 bits per heavy atom. The van der Waals surface area contributed by atoms with Crippen LogP contribution < -0.4 is 0 Å². The first-order valence-corrected chi connectivity index (χ1v) is 6.18. The molecular weight excluding hydrogens is 279 g/mol. The highest BCUT2D eigenvalue weighted by molar-refractivity contribution is 6.37. The van der Waals surface area contributed by atoms with Gasteiger partial charge in [-0.2, -0.15) is 0 Å². The summed E-state index contributed by atoms with van der Waals surface area (Å²) in [5.74, 6) is 0. The Balaban J connectivity index is 2.35. The van der Waals surface area contributed by atoms with Crippen LogP contribution in [0.3, 0.4) is 0 Å². The summed E-state index contributed by atoms with van der Waals surface area (Å²) in [4.78, 5) is 0. The van der Waals surface area contributed by atoms with Crippen molar-refractivity contribution in [3.8, 4) is 11.1 Å². The molecule has 1 aliphatic carbocycles. The highest BCUT2D eigenvalue weighted by Crippen LogP contribution is 2.48. The first-order chi connectivity index (χ1) is 8.08. The molecule has 0 radical (unpaired) electrons. The fourth-order valence-electron chi connectivity index (χ4n) is 2.25. The molecule has 0 saturated heterocycles. The third kappa shape index (κ3) is 1.66. The zero-order valence-corrected chi connectivity index (χ0v) is 10.8. The standard InChI is InChI=1S/C13H7Cl3O/c14-6-1-2-8-9(3-6)13(17)10-4-7(15)5-11(16)12(8)10/h1-5,13,17H/t13-/m0/s1. The lowest BCUT2D eigenvalue weighted by molar-refractivity contribution is 0.225. The Kier molecular flexibility index (Phi) is 2.60. The van der Waals surface area contributed by atoms with Gasteiger partial charge in [-0.3, -0.25) is 0 Å². The van der Waals surface area contributed by atoms with Crippen molar-refractivity contribution < 1.29 is 5.11 Å². The monoisotopic (exact) mass is 284 g/mol. The van der Waals surface area contributed by atoms with Crippen LogP contribution in [0.5, 0.6) is 0 Å². The van der Waals surface area contributed by atoms with Crippen molar-refractivity contribution in [3.05, 3.63) is 56.5 Å². The van der Waals surface area contributed by atoms with Gasteiger partial charge >= 0.3 is 0 Å². The summed E-state index contributed by atoms with van der Waals surface area (Å²) in [5, 5.41) is 11.9. The van der Waals surface area contributed by atoms with Crippen LogP contribution in [0.4, 0.5) is 0 Å². The van der Waals surface area contributed by atoms with E-state index in [2.05, 4.69) is 0 Å². The second-order valence-electron chi connectivity index (χ2n) is 3.99. The third-order valence-electron chi connectivity index (χ3n) is 2.96. The van der Waals surface area contributed by atoms with Crippen LogP contribution in [-0.4, -0.2) is 5.11 Å². The molecule has 0 aliphatic heterocycles. The molecule has 17 heavy (non-hydrogen) atoms.